The van der Waals surface area contributed by atoms with E-state index in [9.17, 15) is 9.59 Å². The van der Waals surface area contributed by atoms with Gasteiger partial charge in [-0.2, -0.15) is 0 Å². The smallest absolute Gasteiger partial charge is 0.237 e. The van der Waals surface area contributed by atoms with E-state index in [1.807, 2.05) is 24.3 Å². The molecule has 0 spiro atoms. The molecule has 1 fully saturated rings. The van der Waals surface area contributed by atoms with E-state index < -0.39 is 0 Å². The van der Waals surface area contributed by atoms with Crippen LogP contribution in [0, 0.1) is 0 Å². The van der Waals surface area contributed by atoms with Gasteiger partial charge in [-0.05, 0) is 38.1 Å². The molecule has 2 amide bonds. The van der Waals surface area contributed by atoms with Gasteiger partial charge >= 0.3 is 0 Å². The van der Waals surface area contributed by atoms with E-state index in [1.165, 1.54) is 6.42 Å². The lowest BCUT2D eigenvalue weighted by Gasteiger charge is -2.29. The highest BCUT2D eigenvalue weighted by Crippen LogP contribution is 2.34. The van der Waals surface area contributed by atoms with E-state index in [0.717, 1.165) is 30.1 Å². The lowest BCUT2D eigenvalue weighted by atomic mass is 10.2. The van der Waals surface area contributed by atoms with Crippen LogP contribution in [0.5, 0.6) is 0 Å². The molecular weight excluding hydrogens is 322 g/mol. The maximum absolute atomic E-state index is 12.2. The summed E-state index contributed by atoms with van der Waals surface area (Å²) in [5.74, 6) is 0.563. The van der Waals surface area contributed by atoms with Crippen molar-refractivity contribution in [2.45, 2.75) is 37.1 Å². The number of hydrogen-bond donors (Lipinski definition) is 1. The summed E-state index contributed by atoms with van der Waals surface area (Å²) in [6, 6.07) is 8.36. The lowest BCUT2D eigenvalue weighted by Crippen LogP contribution is -2.42. The summed E-state index contributed by atoms with van der Waals surface area (Å²) in [5.41, 5.74) is 0.930. The van der Waals surface area contributed by atoms with Crippen LogP contribution in [0.15, 0.2) is 29.2 Å². The lowest BCUT2D eigenvalue weighted by molar-refractivity contribution is -0.121. The van der Waals surface area contributed by atoms with Gasteiger partial charge in [-0.25, -0.2) is 0 Å². The molecule has 0 unspecified atom stereocenters. The Morgan fingerprint density at radius 2 is 2.21 bits per heavy atom. The zero-order valence-electron chi connectivity index (χ0n) is 14.2. The first-order valence-corrected chi connectivity index (χ1v) is 9.70. The van der Waals surface area contributed by atoms with Crippen molar-refractivity contribution in [3.05, 3.63) is 24.3 Å². The zero-order valence-corrected chi connectivity index (χ0v) is 15.0. The van der Waals surface area contributed by atoms with E-state index in [2.05, 4.69) is 17.1 Å². The van der Waals surface area contributed by atoms with Crippen molar-refractivity contribution in [2.75, 3.05) is 36.8 Å². The van der Waals surface area contributed by atoms with Gasteiger partial charge in [0.1, 0.15) is 0 Å². The number of benzene rings is 1. The molecule has 24 heavy (non-hydrogen) atoms. The SMILES string of the molecule is CCN1CCC[C@H]1CNC(=O)CCN1C(=O)CSc2ccccc21. The van der Waals surface area contributed by atoms with Crippen LogP contribution in [0.4, 0.5) is 5.69 Å². The van der Waals surface area contributed by atoms with Crippen LogP contribution in [0.2, 0.25) is 0 Å². The monoisotopic (exact) mass is 347 g/mol. The molecule has 0 aromatic heterocycles. The van der Waals surface area contributed by atoms with Crippen molar-refractivity contribution >= 4 is 29.3 Å². The fourth-order valence-corrected chi connectivity index (χ4v) is 4.41. The predicted octanol–water partition coefficient (Wildman–Crippen LogP) is 2.12. The Balaban J connectivity index is 1.50. The molecule has 0 saturated carbocycles. The van der Waals surface area contributed by atoms with Gasteiger partial charge in [-0.1, -0.05) is 19.1 Å². The molecule has 0 bridgehead atoms. The standard InChI is InChI=1S/C18H25N3O2S/c1-2-20-10-5-6-14(20)12-19-17(22)9-11-21-15-7-3-4-8-16(15)24-13-18(21)23/h3-4,7-8,14H,2,5-6,9-13H2,1H3,(H,19,22)/t14-/m0/s1. The largest absolute Gasteiger partial charge is 0.354 e. The summed E-state index contributed by atoms with van der Waals surface area (Å²) in [5, 5.41) is 3.04. The van der Waals surface area contributed by atoms with E-state index in [4.69, 9.17) is 0 Å². The van der Waals surface area contributed by atoms with E-state index in [0.29, 0.717) is 31.3 Å². The molecule has 2 heterocycles. The van der Waals surface area contributed by atoms with Crippen molar-refractivity contribution in [3.8, 4) is 0 Å². The normalized spacial score (nSPS) is 21.0. The molecule has 0 aliphatic carbocycles. The molecule has 0 radical (unpaired) electrons. The second-order valence-electron chi connectivity index (χ2n) is 6.28. The third-order valence-electron chi connectivity index (χ3n) is 4.81. The van der Waals surface area contributed by atoms with Crippen molar-refractivity contribution in [1.82, 2.24) is 10.2 Å². The minimum absolute atomic E-state index is 0.0291. The van der Waals surface area contributed by atoms with Gasteiger partial charge in [-0.3, -0.25) is 14.5 Å². The third-order valence-corrected chi connectivity index (χ3v) is 5.86. The van der Waals surface area contributed by atoms with Crippen molar-refractivity contribution in [2.24, 2.45) is 0 Å². The highest BCUT2D eigenvalue weighted by atomic mass is 32.2. The van der Waals surface area contributed by atoms with Gasteiger partial charge in [0.05, 0.1) is 11.4 Å². The molecule has 1 saturated heterocycles. The van der Waals surface area contributed by atoms with Crippen LogP contribution < -0.4 is 10.2 Å². The number of fused-ring (bicyclic) bond motifs is 1. The molecule has 1 aromatic rings. The number of rotatable bonds is 6. The Morgan fingerprint density at radius 1 is 1.38 bits per heavy atom. The van der Waals surface area contributed by atoms with E-state index in [1.54, 1.807) is 16.7 Å². The van der Waals surface area contributed by atoms with Gasteiger partial charge in [0.15, 0.2) is 0 Å². The molecule has 6 heteroatoms. The summed E-state index contributed by atoms with van der Waals surface area (Å²) in [6.45, 7) is 5.50. The number of amides is 2. The molecule has 1 aromatic carbocycles. The van der Waals surface area contributed by atoms with Gasteiger partial charge in [0.25, 0.3) is 0 Å². The van der Waals surface area contributed by atoms with Crippen LogP contribution in [0.25, 0.3) is 0 Å². The van der Waals surface area contributed by atoms with Gasteiger partial charge < -0.3 is 10.2 Å². The van der Waals surface area contributed by atoms with Crippen LogP contribution in [-0.4, -0.2) is 54.7 Å². The fraction of sp³-hybridized carbons (Fsp3) is 0.556. The molecule has 2 aliphatic rings. The van der Waals surface area contributed by atoms with Crippen molar-refractivity contribution in [3.63, 3.8) is 0 Å². The number of hydrogen-bond acceptors (Lipinski definition) is 4. The van der Waals surface area contributed by atoms with E-state index >= 15 is 0 Å². The summed E-state index contributed by atoms with van der Waals surface area (Å²) < 4.78 is 0. The summed E-state index contributed by atoms with van der Waals surface area (Å²) in [6.07, 6.45) is 2.72. The first kappa shape index (κ1) is 17.3. The Labute approximate surface area is 147 Å². The highest BCUT2D eigenvalue weighted by Gasteiger charge is 2.26. The second kappa shape index (κ2) is 8.03. The molecule has 5 nitrogen and oxygen atoms in total. The number of anilines is 1. The summed E-state index contributed by atoms with van der Waals surface area (Å²) in [4.78, 5) is 29.6. The number of nitrogens with zero attached hydrogens (tertiary/aromatic N) is 2. The Hall–Kier alpha value is -1.53. The maximum atomic E-state index is 12.2. The number of thioether (sulfide) groups is 1. The van der Waals surface area contributed by atoms with Crippen LogP contribution in [0.1, 0.15) is 26.2 Å². The predicted molar refractivity (Wildman–Crippen MR) is 97.4 cm³/mol. The first-order valence-electron chi connectivity index (χ1n) is 8.72. The van der Waals surface area contributed by atoms with E-state index in [-0.39, 0.29) is 11.8 Å². The van der Waals surface area contributed by atoms with Crippen LogP contribution in [-0.2, 0) is 9.59 Å². The Morgan fingerprint density at radius 3 is 3.04 bits per heavy atom. The average Bonchev–Trinajstić information content (AvgIpc) is 3.06. The Bertz CT molecular complexity index is 608. The van der Waals surface area contributed by atoms with Crippen molar-refractivity contribution < 1.29 is 9.59 Å². The zero-order chi connectivity index (χ0) is 16.9. The first-order chi connectivity index (χ1) is 11.7. The highest BCUT2D eigenvalue weighted by molar-refractivity contribution is 8.00. The van der Waals surface area contributed by atoms with Crippen LogP contribution in [0.3, 0.4) is 0 Å². The molecule has 3 rings (SSSR count). The van der Waals surface area contributed by atoms with Crippen LogP contribution >= 0.6 is 11.8 Å². The number of nitrogens with one attached hydrogen (secondary N) is 1. The number of para-hydroxylation sites is 1. The molecule has 1 atom stereocenters. The van der Waals surface area contributed by atoms with Gasteiger partial charge in [0, 0.05) is 30.4 Å². The van der Waals surface area contributed by atoms with Crippen molar-refractivity contribution in [1.29, 1.82) is 0 Å². The minimum atomic E-state index is 0.0291. The number of carbonyl (C=O) groups excluding carboxylic acids is 2. The topological polar surface area (TPSA) is 52.7 Å². The van der Waals surface area contributed by atoms with Gasteiger partial charge in [0.2, 0.25) is 11.8 Å². The average molecular weight is 347 g/mol. The summed E-state index contributed by atoms with van der Waals surface area (Å²) in [7, 11) is 0. The fourth-order valence-electron chi connectivity index (χ4n) is 3.48. The molecular formula is C18H25N3O2S. The second-order valence-corrected chi connectivity index (χ2v) is 7.30. The molecule has 1 N–H and O–H groups in total. The Kier molecular flexibility index (Phi) is 5.79. The molecule has 2 aliphatic heterocycles. The molecule has 130 valence electrons. The summed E-state index contributed by atoms with van der Waals surface area (Å²) >= 11 is 1.57. The number of carbonyl (C=O) groups is 2. The number of likely N-dealkylation sites (tertiary alicyclic amines) is 1. The van der Waals surface area contributed by atoms with Gasteiger partial charge in [-0.15, -0.1) is 11.8 Å². The number of likely N-dealkylation sites (N-methyl/N-ethyl adjacent to an activating group) is 1. The quantitative estimate of drug-likeness (QED) is 0.856. The maximum Gasteiger partial charge on any atom is 0.237 e. The minimum Gasteiger partial charge on any atom is -0.354 e. The third kappa shape index (κ3) is 3.92.